The van der Waals surface area contributed by atoms with E-state index >= 15 is 0 Å². The van der Waals surface area contributed by atoms with Gasteiger partial charge in [0.25, 0.3) is 0 Å². The van der Waals surface area contributed by atoms with Gasteiger partial charge in [-0.05, 0) is 36.2 Å². The van der Waals surface area contributed by atoms with Gasteiger partial charge in [-0.2, -0.15) is 5.10 Å². The van der Waals surface area contributed by atoms with Crippen molar-refractivity contribution in [3.63, 3.8) is 0 Å². The van der Waals surface area contributed by atoms with Crippen LogP contribution in [0.2, 0.25) is 0 Å². The van der Waals surface area contributed by atoms with Crippen LogP contribution in [0.15, 0.2) is 54.7 Å². The Kier molecular flexibility index (Phi) is 4.13. The predicted octanol–water partition coefficient (Wildman–Crippen LogP) is 3.66. The fraction of sp³-hybridized carbons (Fsp3) is 0.300. The molecule has 0 radical (unpaired) electrons. The highest BCUT2D eigenvalue weighted by Gasteiger charge is 2.27. The van der Waals surface area contributed by atoms with Gasteiger partial charge in [-0.3, -0.25) is 14.8 Å². The van der Waals surface area contributed by atoms with Crippen LogP contribution >= 0.6 is 0 Å². The molecule has 4 heteroatoms. The van der Waals surface area contributed by atoms with Crippen molar-refractivity contribution in [2.24, 2.45) is 5.92 Å². The van der Waals surface area contributed by atoms with Gasteiger partial charge < -0.3 is 0 Å². The number of carbonyl (C=O) groups is 1. The van der Waals surface area contributed by atoms with Crippen molar-refractivity contribution < 1.29 is 4.79 Å². The normalized spacial score (nSPS) is 18.8. The summed E-state index contributed by atoms with van der Waals surface area (Å²) >= 11 is 0. The van der Waals surface area contributed by atoms with Gasteiger partial charge in [0, 0.05) is 36.5 Å². The van der Waals surface area contributed by atoms with Crippen LogP contribution < -0.4 is 0 Å². The number of benzene rings is 2. The van der Waals surface area contributed by atoms with Gasteiger partial charge >= 0.3 is 0 Å². The van der Waals surface area contributed by atoms with Gasteiger partial charge in [-0.15, -0.1) is 0 Å². The highest BCUT2D eigenvalue weighted by molar-refractivity contribution is 6.09. The monoisotopic (exact) mass is 319 g/mol. The second-order valence-corrected chi connectivity index (χ2v) is 6.55. The zero-order valence-corrected chi connectivity index (χ0v) is 13.6. The van der Waals surface area contributed by atoms with Gasteiger partial charge in [0.1, 0.15) is 0 Å². The second kappa shape index (κ2) is 6.57. The molecule has 1 atom stereocenters. The summed E-state index contributed by atoms with van der Waals surface area (Å²) in [4.78, 5) is 15.5. The Morgan fingerprint density at radius 3 is 2.92 bits per heavy atom. The smallest absolute Gasteiger partial charge is 0.167 e. The van der Waals surface area contributed by atoms with Crippen molar-refractivity contribution in [1.29, 1.82) is 0 Å². The van der Waals surface area contributed by atoms with Gasteiger partial charge in [-0.25, -0.2) is 0 Å². The first kappa shape index (κ1) is 15.1. The van der Waals surface area contributed by atoms with Crippen LogP contribution in [0.1, 0.15) is 28.9 Å². The third kappa shape index (κ3) is 2.97. The Bertz CT molecular complexity index is 836. The van der Waals surface area contributed by atoms with E-state index in [1.165, 1.54) is 0 Å². The molecule has 3 aromatic rings. The first-order valence-electron chi connectivity index (χ1n) is 8.54. The number of hydrogen-bond donors (Lipinski definition) is 1. The number of carbonyl (C=O) groups excluding carboxylic acids is 1. The number of ketones is 1. The van der Waals surface area contributed by atoms with E-state index in [0.717, 1.165) is 54.5 Å². The molecular formula is C20H21N3O. The zero-order valence-electron chi connectivity index (χ0n) is 13.6. The average Bonchev–Trinajstić information content (AvgIpc) is 3.14. The lowest BCUT2D eigenvalue weighted by atomic mass is 9.88. The molecule has 0 amide bonds. The maximum atomic E-state index is 13.1. The topological polar surface area (TPSA) is 49.0 Å². The number of fused-ring (bicyclic) bond motifs is 1. The number of aromatic nitrogens is 2. The summed E-state index contributed by atoms with van der Waals surface area (Å²) in [6.07, 6.45) is 3.81. The zero-order chi connectivity index (χ0) is 16.4. The quantitative estimate of drug-likeness (QED) is 0.747. The second-order valence-electron chi connectivity index (χ2n) is 6.55. The molecule has 1 N–H and O–H groups in total. The molecule has 122 valence electrons. The van der Waals surface area contributed by atoms with Crippen LogP contribution in [-0.4, -0.2) is 34.0 Å². The molecule has 2 heterocycles. The SMILES string of the molecule is O=C(c1cccc2ccccc12)[C@H]1CCCN(Cc2ccn[nH]2)C1. The Morgan fingerprint density at radius 1 is 1.17 bits per heavy atom. The maximum Gasteiger partial charge on any atom is 0.167 e. The molecule has 1 saturated heterocycles. The third-order valence-electron chi connectivity index (χ3n) is 4.88. The maximum absolute atomic E-state index is 13.1. The molecule has 0 spiro atoms. The minimum absolute atomic E-state index is 0.0764. The fourth-order valence-electron chi connectivity index (χ4n) is 3.69. The molecule has 0 bridgehead atoms. The van der Waals surface area contributed by atoms with E-state index in [0.29, 0.717) is 0 Å². The van der Waals surface area contributed by atoms with Crippen LogP contribution in [0.3, 0.4) is 0 Å². The van der Waals surface area contributed by atoms with Gasteiger partial charge in [0.15, 0.2) is 5.78 Å². The van der Waals surface area contributed by atoms with Crippen molar-refractivity contribution in [1.82, 2.24) is 15.1 Å². The number of H-pyrrole nitrogens is 1. The summed E-state index contributed by atoms with van der Waals surface area (Å²) in [5.41, 5.74) is 1.97. The molecular weight excluding hydrogens is 298 g/mol. The Morgan fingerprint density at radius 2 is 2.04 bits per heavy atom. The number of rotatable bonds is 4. The summed E-state index contributed by atoms with van der Waals surface area (Å²) < 4.78 is 0. The largest absolute Gasteiger partial charge is 0.297 e. The van der Waals surface area contributed by atoms with Crippen LogP contribution in [0.5, 0.6) is 0 Å². The average molecular weight is 319 g/mol. The molecule has 4 nitrogen and oxygen atoms in total. The Balaban J connectivity index is 1.55. The lowest BCUT2D eigenvalue weighted by Gasteiger charge is -2.31. The van der Waals surface area contributed by atoms with Gasteiger partial charge in [-0.1, -0.05) is 42.5 Å². The van der Waals surface area contributed by atoms with Crippen molar-refractivity contribution in [3.05, 3.63) is 66.0 Å². The lowest BCUT2D eigenvalue weighted by Crippen LogP contribution is -2.38. The highest BCUT2D eigenvalue weighted by atomic mass is 16.1. The number of Topliss-reactive ketones (excluding diaryl/α,β-unsaturated/α-hetero) is 1. The van der Waals surface area contributed by atoms with Crippen LogP contribution in [0.25, 0.3) is 10.8 Å². The van der Waals surface area contributed by atoms with E-state index in [1.54, 1.807) is 6.20 Å². The minimum atomic E-state index is 0.0764. The van der Waals surface area contributed by atoms with Crippen molar-refractivity contribution in [2.75, 3.05) is 13.1 Å². The molecule has 24 heavy (non-hydrogen) atoms. The summed E-state index contributed by atoms with van der Waals surface area (Å²) in [7, 11) is 0. The molecule has 1 aliphatic rings. The molecule has 4 rings (SSSR count). The fourth-order valence-corrected chi connectivity index (χ4v) is 3.69. The standard InChI is InChI=1S/C20H21N3O/c24-20(19-9-3-6-15-5-1-2-8-18(15)19)16-7-4-12-23(13-16)14-17-10-11-21-22-17/h1-3,5-6,8-11,16H,4,7,12-14H2,(H,21,22)/t16-/m0/s1. The van der Waals surface area contributed by atoms with Gasteiger partial charge in [0.05, 0.1) is 0 Å². The number of aromatic amines is 1. The molecule has 0 unspecified atom stereocenters. The number of likely N-dealkylation sites (tertiary alicyclic amines) is 1. The molecule has 0 aliphatic carbocycles. The van der Waals surface area contributed by atoms with Crippen LogP contribution in [0.4, 0.5) is 0 Å². The summed E-state index contributed by atoms with van der Waals surface area (Å²) in [6.45, 7) is 2.69. The van der Waals surface area contributed by atoms with E-state index in [2.05, 4.69) is 27.2 Å². The molecule has 2 aromatic carbocycles. The number of hydrogen-bond acceptors (Lipinski definition) is 3. The van der Waals surface area contributed by atoms with Gasteiger partial charge in [0.2, 0.25) is 0 Å². The molecule has 0 saturated carbocycles. The molecule has 1 aromatic heterocycles. The molecule has 1 fully saturated rings. The summed E-state index contributed by atoms with van der Waals surface area (Å²) in [5, 5.41) is 9.21. The van der Waals surface area contributed by atoms with E-state index in [-0.39, 0.29) is 11.7 Å². The van der Waals surface area contributed by atoms with Crippen LogP contribution in [0, 0.1) is 5.92 Å². The van der Waals surface area contributed by atoms with Crippen LogP contribution in [-0.2, 0) is 6.54 Å². The Hall–Kier alpha value is -2.46. The predicted molar refractivity (Wildman–Crippen MR) is 94.9 cm³/mol. The number of piperidine rings is 1. The van der Waals surface area contributed by atoms with Crippen molar-refractivity contribution in [3.8, 4) is 0 Å². The number of nitrogens with one attached hydrogen (secondary N) is 1. The van der Waals surface area contributed by atoms with Crippen molar-refractivity contribution >= 4 is 16.6 Å². The Labute approximate surface area is 141 Å². The summed E-state index contributed by atoms with van der Waals surface area (Å²) in [6, 6.07) is 16.2. The summed E-state index contributed by atoms with van der Waals surface area (Å²) in [5.74, 6) is 0.355. The van der Waals surface area contributed by atoms with E-state index in [9.17, 15) is 4.79 Å². The van der Waals surface area contributed by atoms with E-state index in [1.807, 2.05) is 36.4 Å². The number of nitrogens with zero attached hydrogens (tertiary/aromatic N) is 2. The third-order valence-corrected chi connectivity index (χ3v) is 4.88. The first-order chi connectivity index (χ1) is 11.8. The van der Waals surface area contributed by atoms with E-state index < -0.39 is 0 Å². The lowest BCUT2D eigenvalue weighted by molar-refractivity contribution is 0.0812. The molecule has 1 aliphatic heterocycles. The highest BCUT2D eigenvalue weighted by Crippen LogP contribution is 2.26. The first-order valence-corrected chi connectivity index (χ1v) is 8.54. The van der Waals surface area contributed by atoms with Crippen molar-refractivity contribution in [2.45, 2.75) is 19.4 Å². The van der Waals surface area contributed by atoms with E-state index in [4.69, 9.17) is 0 Å². The minimum Gasteiger partial charge on any atom is -0.297 e.